The molecule has 0 amide bonds. The van der Waals surface area contributed by atoms with Crippen molar-refractivity contribution in [2.75, 3.05) is 14.2 Å². The van der Waals surface area contributed by atoms with Crippen molar-refractivity contribution in [1.29, 1.82) is 0 Å². The number of carbonyl (C=O) groups is 1. The molecule has 0 atom stereocenters. The molecular weight excluding hydrogens is 376 g/mol. The third kappa shape index (κ3) is 4.67. The first-order chi connectivity index (χ1) is 14.0. The van der Waals surface area contributed by atoms with Crippen LogP contribution in [0.1, 0.15) is 21.5 Å². The summed E-state index contributed by atoms with van der Waals surface area (Å²) in [6.07, 6.45) is 2.08. The van der Waals surface area contributed by atoms with E-state index in [-0.39, 0.29) is 5.69 Å². The molecule has 3 aromatic rings. The Morgan fingerprint density at radius 1 is 1.07 bits per heavy atom. The molecule has 0 fully saturated rings. The van der Waals surface area contributed by atoms with E-state index in [1.165, 1.54) is 31.4 Å². The molecule has 0 aliphatic rings. The van der Waals surface area contributed by atoms with Crippen molar-refractivity contribution in [3.8, 4) is 17.4 Å². The number of aromatic nitrogens is 1. The van der Waals surface area contributed by atoms with Crippen LogP contribution in [0, 0.1) is 10.1 Å². The van der Waals surface area contributed by atoms with Gasteiger partial charge in [-0.3, -0.25) is 10.1 Å². The summed E-state index contributed by atoms with van der Waals surface area (Å²) in [5.74, 6) is 0.819. The number of hydrogen-bond donors (Lipinski definition) is 0. The number of hydrogen-bond acceptors (Lipinski definition) is 7. The summed E-state index contributed by atoms with van der Waals surface area (Å²) in [6.45, 7) is 0. The molecule has 8 nitrogen and oxygen atoms in total. The maximum absolute atomic E-state index is 11.9. The Bertz CT molecular complexity index is 1030. The van der Waals surface area contributed by atoms with Crippen molar-refractivity contribution in [3.63, 3.8) is 0 Å². The SMILES string of the molecule is COC(=O)c1ccc(Cc2cccnc2OC)c(Oc2ccc([N+](=O)[O-])cc2)c1. The molecule has 1 aromatic heterocycles. The normalized spacial score (nSPS) is 10.3. The van der Waals surface area contributed by atoms with E-state index in [2.05, 4.69) is 4.98 Å². The number of nitro benzene ring substituents is 1. The maximum atomic E-state index is 11.9. The van der Waals surface area contributed by atoms with Gasteiger partial charge in [0.2, 0.25) is 5.88 Å². The fourth-order valence-electron chi connectivity index (χ4n) is 2.75. The first-order valence-electron chi connectivity index (χ1n) is 8.63. The molecule has 2 aromatic carbocycles. The molecule has 0 aliphatic carbocycles. The number of nitrogens with zero attached hydrogens (tertiary/aromatic N) is 2. The van der Waals surface area contributed by atoms with Crippen LogP contribution in [0.5, 0.6) is 17.4 Å². The number of pyridine rings is 1. The van der Waals surface area contributed by atoms with E-state index in [0.717, 1.165) is 11.1 Å². The number of nitro groups is 1. The van der Waals surface area contributed by atoms with Gasteiger partial charge in [0.05, 0.1) is 24.7 Å². The van der Waals surface area contributed by atoms with Crippen LogP contribution in [0.4, 0.5) is 5.69 Å². The van der Waals surface area contributed by atoms with E-state index in [9.17, 15) is 14.9 Å². The Kier molecular flexibility index (Phi) is 6.03. The highest BCUT2D eigenvalue weighted by Crippen LogP contribution is 2.31. The van der Waals surface area contributed by atoms with Gasteiger partial charge in [0.15, 0.2) is 0 Å². The maximum Gasteiger partial charge on any atom is 0.337 e. The highest BCUT2D eigenvalue weighted by atomic mass is 16.6. The summed E-state index contributed by atoms with van der Waals surface area (Å²) in [6, 6.07) is 14.4. The van der Waals surface area contributed by atoms with Gasteiger partial charge in [0.1, 0.15) is 11.5 Å². The van der Waals surface area contributed by atoms with Crippen LogP contribution in [0.2, 0.25) is 0 Å². The standard InChI is InChI=1S/C21H18N2O6/c1-27-20-15(4-3-11-22-20)12-14-5-6-16(21(24)28-2)13-19(14)29-18-9-7-17(8-10-18)23(25)26/h3-11,13H,12H2,1-2H3. The first-order valence-corrected chi connectivity index (χ1v) is 8.63. The topological polar surface area (TPSA) is 101 Å². The molecule has 1 heterocycles. The number of ether oxygens (including phenoxy) is 3. The van der Waals surface area contributed by atoms with Gasteiger partial charge in [-0.2, -0.15) is 0 Å². The Hall–Kier alpha value is -3.94. The van der Waals surface area contributed by atoms with E-state index in [1.54, 1.807) is 37.6 Å². The Balaban J connectivity index is 1.97. The number of esters is 1. The summed E-state index contributed by atoms with van der Waals surface area (Å²) in [5.41, 5.74) is 1.91. The highest BCUT2D eigenvalue weighted by molar-refractivity contribution is 5.90. The van der Waals surface area contributed by atoms with Gasteiger partial charge < -0.3 is 14.2 Å². The van der Waals surface area contributed by atoms with Crippen LogP contribution in [0.3, 0.4) is 0 Å². The molecule has 0 aliphatic heterocycles. The van der Waals surface area contributed by atoms with Crippen molar-refractivity contribution in [2.24, 2.45) is 0 Å². The van der Waals surface area contributed by atoms with Crippen molar-refractivity contribution >= 4 is 11.7 Å². The number of rotatable bonds is 7. The summed E-state index contributed by atoms with van der Waals surface area (Å²) in [7, 11) is 2.84. The fourth-order valence-corrected chi connectivity index (χ4v) is 2.75. The van der Waals surface area contributed by atoms with Crippen molar-refractivity contribution in [3.05, 3.63) is 87.6 Å². The van der Waals surface area contributed by atoms with Gasteiger partial charge >= 0.3 is 5.97 Å². The minimum Gasteiger partial charge on any atom is -0.481 e. The van der Waals surface area contributed by atoms with Gasteiger partial charge in [0, 0.05) is 30.3 Å². The second kappa shape index (κ2) is 8.83. The summed E-state index contributed by atoms with van der Waals surface area (Å²) < 4.78 is 16.0. The zero-order valence-corrected chi connectivity index (χ0v) is 15.8. The van der Waals surface area contributed by atoms with E-state index in [0.29, 0.717) is 29.4 Å². The minimum absolute atomic E-state index is 0.0408. The van der Waals surface area contributed by atoms with Gasteiger partial charge in [-0.1, -0.05) is 12.1 Å². The Morgan fingerprint density at radius 3 is 2.48 bits per heavy atom. The summed E-state index contributed by atoms with van der Waals surface area (Å²) in [5, 5.41) is 10.8. The van der Waals surface area contributed by atoms with E-state index in [4.69, 9.17) is 14.2 Å². The smallest absolute Gasteiger partial charge is 0.337 e. The second-order valence-electron chi connectivity index (χ2n) is 6.02. The molecule has 3 rings (SSSR count). The van der Waals surface area contributed by atoms with E-state index < -0.39 is 10.9 Å². The lowest BCUT2D eigenvalue weighted by molar-refractivity contribution is -0.384. The predicted octanol–water partition coefficient (Wildman–Crippen LogP) is 4.17. The van der Waals surface area contributed by atoms with Gasteiger partial charge in [-0.15, -0.1) is 0 Å². The van der Waals surface area contributed by atoms with E-state index >= 15 is 0 Å². The van der Waals surface area contributed by atoms with Gasteiger partial charge in [0.25, 0.3) is 5.69 Å². The van der Waals surface area contributed by atoms with Crippen molar-refractivity contribution < 1.29 is 23.9 Å². The van der Waals surface area contributed by atoms with Gasteiger partial charge in [-0.05, 0) is 35.9 Å². The van der Waals surface area contributed by atoms with Crippen LogP contribution in [-0.4, -0.2) is 30.1 Å². The summed E-state index contributed by atoms with van der Waals surface area (Å²) in [4.78, 5) is 26.5. The van der Waals surface area contributed by atoms with E-state index in [1.807, 2.05) is 6.07 Å². The van der Waals surface area contributed by atoms with Crippen LogP contribution >= 0.6 is 0 Å². The highest BCUT2D eigenvalue weighted by Gasteiger charge is 2.15. The lowest BCUT2D eigenvalue weighted by Gasteiger charge is -2.14. The third-order valence-electron chi connectivity index (χ3n) is 4.19. The largest absolute Gasteiger partial charge is 0.481 e. The molecule has 0 saturated carbocycles. The Morgan fingerprint density at radius 2 is 1.83 bits per heavy atom. The molecule has 8 heteroatoms. The first kappa shape index (κ1) is 19.8. The average Bonchev–Trinajstić information content (AvgIpc) is 2.75. The van der Waals surface area contributed by atoms with Crippen LogP contribution in [-0.2, 0) is 11.2 Å². The molecule has 0 spiro atoms. The number of non-ortho nitro benzene ring substituents is 1. The molecular formula is C21H18N2O6. The lowest BCUT2D eigenvalue weighted by atomic mass is 10.0. The van der Waals surface area contributed by atoms with Crippen LogP contribution in [0.15, 0.2) is 60.8 Å². The average molecular weight is 394 g/mol. The molecule has 0 bridgehead atoms. The monoisotopic (exact) mass is 394 g/mol. The third-order valence-corrected chi connectivity index (χ3v) is 4.19. The molecule has 0 unspecified atom stereocenters. The molecule has 0 radical (unpaired) electrons. The zero-order valence-electron chi connectivity index (χ0n) is 15.8. The van der Waals surface area contributed by atoms with Gasteiger partial charge in [-0.25, -0.2) is 9.78 Å². The predicted molar refractivity (Wildman–Crippen MR) is 105 cm³/mol. The molecule has 0 N–H and O–H groups in total. The zero-order chi connectivity index (χ0) is 20.8. The number of carbonyl (C=O) groups excluding carboxylic acids is 1. The molecule has 148 valence electrons. The molecule has 0 saturated heterocycles. The summed E-state index contributed by atoms with van der Waals surface area (Å²) >= 11 is 0. The van der Waals surface area contributed by atoms with Crippen molar-refractivity contribution in [2.45, 2.75) is 6.42 Å². The van der Waals surface area contributed by atoms with Crippen LogP contribution in [0.25, 0.3) is 0 Å². The van der Waals surface area contributed by atoms with Crippen LogP contribution < -0.4 is 9.47 Å². The lowest BCUT2D eigenvalue weighted by Crippen LogP contribution is -2.04. The second-order valence-corrected chi connectivity index (χ2v) is 6.02. The minimum atomic E-state index is -0.496. The Labute approximate surface area is 166 Å². The number of methoxy groups -OCH3 is 2. The molecule has 29 heavy (non-hydrogen) atoms. The fraction of sp³-hybridized carbons (Fsp3) is 0.143. The van der Waals surface area contributed by atoms with Crippen molar-refractivity contribution in [1.82, 2.24) is 4.98 Å². The number of benzene rings is 2. The quantitative estimate of drug-likeness (QED) is 0.337.